The van der Waals surface area contributed by atoms with Crippen molar-refractivity contribution >= 4 is 11.8 Å². The van der Waals surface area contributed by atoms with Gasteiger partial charge in [-0.3, -0.25) is 4.79 Å². The standard InChI is InChI=1S/C16H25N3O4/c1-4-23-16(22)12-13(20)14(18-8-5-6-9-18)17-19(15(12)21)10-7-11(2)3/h11,20H,4-10H2,1-3H3. The van der Waals surface area contributed by atoms with Gasteiger partial charge >= 0.3 is 5.97 Å². The van der Waals surface area contributed by atoms with Crippen molar-refractivity contribution in [2.75, 3.05) is 24.6 Å². The molecule has 128 valence electrons. The van der Waals surface area contributed by atoms with Crippen molar-refractivity contribution < 1.29 is 14.6 Å². The normalized spacial score (nSPS) is 14.5. The topological polar surface area (TPSA) is 84.7 Å². The van der Waals surface area contributed by atoms with Crippen LogP contribution in [0, 0.1) is 5.92 Å². The molecule has 0 atom stereocenters. The van der Waals surface area contributed by atoms with Crippen molar-refractivity contribution in [2.24, 2.45) is 5.92 Å². The summed E-state index contributed by atoms with van der Waals surface area (Å²) in [5, 5.41) is 14.7. The first-order valence-corrected chi connectivity index (χ1v) is 8.21. The average molecular weight is 323 g/mol. The van der Waals surface area contributed by atoms with Crippen LogP contribution in [0.5, 0.6) is 5.75 Å². The van der Waals surface area contributed by atoms with E-state index in [0.29, 0.717) is 18.3 Å². The van der Waals surface area contributed by atoms with E-state index in [1.807, 2.05) is 4.90 Å². The Kier molecular flexibility index (Phi) is 5.63. The summed E-state index contributed by atoms with van der Waals surface area (Å²) in [6.45, 7) is 7.83. The molecule has 0 spiro atoms. The first-order valence-electron chi connectivity index (χ1n) is 8.21. The summed E-state index contributed by atoms with van der Waals surface area (Å²) in [4.78, 5) is 26.5. The lowest BCUT2D eigenvalue weighted by Gasteiger charge is -2.20. The number of ether oxygens (including phenoxy) is 1. The van der Waals surface area contributed by atoms with E-state index in [1.165, 1.54) is 4.68 Å². The average Bonchev–Trinajstić information content (AvgIpc) is 3.00. The quantitative estimate of drug-likeness (QED) is 0.803. The Balaban J connectivity index is 2.49. The van der Waals surface area contributed by atoms with Gasteiger partial charge in [-0.05, 0) is 32.1 Å². The molecule has 1 saturated heterocycles. The van der Waals surface area contributed by atoms with Crippen molar-refractivity contribution in [3.05, 3.63) is 15.9 Å². The lowest BCUT2D eigenvalue weighted by Crippen LogP contribution is -2.33. The van der Waals surface area contributed by atoms with Crippen molar-refractivity contribution in [3.8, 4) is 5.75 Å². The fourth-order valence-corrected chi connectivity index (χ4v) is 2.61. The van der Waals surface area contributed by atoms with E-state index >= 15 is 0 Å². The molecule has 0 aromatic carbocycles. The minimum absolute atomic E-state index is 0.144. The maximum atomic E-state index is 12.5. The lowest BCUT2D eigenvalue weighted by molar-refractivity contribution is 0.0519. The van der Waals surface area contributed by atoms with Crippen LogP contribution < -0.4 is 10.5 Å². The fourth-order valence-electron chi connectivity index (χ4n) is 2.61. The first-order chi connectivity index (χ1) is 11.0. The molecular formula is C16H25N3O4. The minimum Gasteiger partial charge on any atom is -0.503 e. The van der Waals surface area contributed by atoms with Crippen LogP contribution >= 0.6 is 0 Å². The number of aromatic hydroxyl groups is 1. The van der Waals surface area contributed by atoms with E-state index in [0.717, 1.165) is 32.4 Å². The number of aryl methyl sites for hydroxylation is 1. The van der Waals surface area contributed by atoms with Crippen LogP contribution in [0.25, 0.3) is 0 Å². The fraction of sp³-hybridized carbons (Fsp3) is 0.688. The molecule has 1 aromatic heterocycles. The number of nitrogens with zero attached hydrogens (tertiary/aromatic N) is 3. The molecular weight excluding hydrogens is 298 g/mol. The molecule has 1 aromatic rings. The molecule has 2 rings (SSSR count). The monoisotopic (exact) mass is 323 g/mol. The zero-order valence-corrected chi connectivity index (χ0v) is 14.0. The molecule has 0 amide bonds. The molecule has 0 aliphatic carbocycles. The second-order valence-corrected chi connectivity index (χ2v) is 6.17. The Morgan fingerprint density at radius 1 is 1.35 bits per heavy atom. The summed E-state index contributed by atoms with van der Waals surface area (Å²) in [7, 11) is 0. The van der Waals surface area contributed by atoms with Gasteiger partial charge in [0.2, 0.25) is 0 Å². The van der Waals surface area contributed by atoms with Gasteiger partial charge in [0.1, 0.15) is 0 Å². The maximum absolute atomic E-state index is 12.5. The maximum Gasteiger partial charge on any atom is 0.347 e. The zero-order valence-electron chi connectivity index (χ0n) is 14.0. The number of rotatable bonds is 6. The van der Waals surface area contributed by atoms with E-state index < -0.39 is 11.5 Å². The van der Waals surface area contributed by atoms with Gasteiger partial charge < -0.3 is 14.7 Å². The second-order valence-electron chi connectivity index (χ2n) is 6.17. The van der Waals surface area contributed by atoms with Gasteiger partial charge in [0, 0.05) is 19.6 Å². The van der Waals surface area contributed by atoms with Crippen LogP contribution in [-0.2, 0) is 11.3 Å². The second kappa shape index (κ2) is 7.48. The molecule has 0 radical (unpaired) electrons. The SMILES string of the molecule is CCOC(=O)c1c(O)c(N2CCCC2)nn(CCC(C)C)c1=O. The van der Waals surface area contributed by atoms with E-state index in [-0.39, 0.29) is 17.9 Å². The molecule has 1 N–H and O–H groups in total. The van der Waals surface area contributed by atoms with Gasteiger partial charge in [0.15, 0.2) is 17.1 Å². The molecule has 0 unspecified atom stereocenters. The highest BCUT2D eigenvalue weighted by Gasteiger charge is 2.27. The third-order valence-corrected chi connectivity index (χ3v) is 3.92. The summed E-state index contributed by atoms with van der Waals surface area (Å²) in [6, 6.07) is 0. The van der Waals surface area contributed by atoms with Gasteiger partial charge in [-0.2, -0.15) is 0 Å². The Labute approximate surface area is 135 Å². The van der Waals surface area contributed by atoms with Crippen LogP contribution in [0.15, 0.2) is 4.79 Å². The number of esters is 1. The van der Waals surface area contributed by atoms with E-state index in [1.54, 1.807) is 6.92 Å². The highest BCUT2D eigenvalue weighted by Crippen LogP contribution is 2.29. The third kappa shape index (κ3) is 3.83. The first kappa shape index (κ1) is 17.3. The van der Waals surface area contributed by atoms with E-state index in [2.05, 4.69) is 18.9 Å². The molecule has 0 bridgehead atoms. The summed E-state index contributed by atoms with van der Waals surface area (Å²) in [6.07, 6.45) is 2.77. The molecule has 7 nitrogen and oxygen atoms in total. The van der Waals surface area contributed by atoms with Gasteiger partial charge in [-0.15, -0.1) is 5.10 Å². The van der Waals surface area contributed by atoms with Crippen LogP contribution in [0.1, 0.15) is 50.4 Å². The Bertz CT molecular complexity index is 618. The summed E-state index contributed by atoms with van der Waals surface area (Å²) in [5.41, 5.74) is -0.906. The van der Waals surface area contributed by atoms with Crippen LogP contribution in [0.2, 0.25) is 0 Å². The predicted octanol–water partition coefficient (Wildman–Crippen LogP) is 1.77. The smallest absolute Gasteiger partial charge is 0.347 e. The Hall–Kier alpha value is -2.05. The number of carbonyl (C=O) groups is 1. The molecule has 0 saturated carbocycles. The minimum atomic E-state index is -0.795. The van der Waals surface area contributed by atoms with E-state index in [4.69, 9.17) is 4.74 Å². The van der Waals surface area contributed by atoms with Crippen molar-refractivity contribution in [3.63, 3.8) is 0 Å². The summed E-state index contributed by atoms with van der Waals surface area (Å²) >= 11 is 0. The number of anilines is 1. The predicted molar refractivity (Wildman–Crippen MR) is 87.0 cm³/mol. The van der Waals surface area contributed by atoms with Crippen LogP contribution in [-0.4, -0.2) is 40.6 Å². The highest BCUT2D eigenvalue weighted by atomic mass is 16.5. The lowest BCUT2D eigenvalue weighted by atomic mass is 10.1. The van der Waals surface area contributed by atoms with Gasteiger partial charge in [0.25, 0.3) is 5.56 Å². The molecule has 1 fully saturated rings. The van der Waals surface area contributed by atoms with Crippen LogP contribution in [0.3, 0.4) is 0 Å². The highest BCUT2D eigenvalue weighted by molar-refractivity contribution is 5.93. The zero-order chi connectivity index (χ0) is 17.0. The molecule has 1 aliphatic heterocycles. The van der Waals surface area contributed by atoms with Crippen molar-refractivity contribution in [2.45, 2.75) is 46.6 Å². The number of hydrogen-bond donors (Lipinski definition) is 1. The number of hydrogen-bond acceptors (Lipinski definition) is 6. The molecule has 23 heavy (non-hydrogen) atoms. The van der Waals surface area contributed by atoms with Gasteiger partial charge in [-0.25, -0.2) is 9.48 Å². The van der Waals surface area contributed by atoms with Crippen LogP contribution in [0.4, 0.5) is 5.82 Å². The summed E-state index contributed by atoms with van der Waals surface area (Å²) < 4.78 is 6.21. The Morgan fingerprint density at radius 2 is 2.00 bits per heavy atom. The number of carbonyl (C=O) groups excluding carboxylic acids is 1. The van der Waals surface area contributed by atoms with Gasteiger partial charge in [0.05, 0.1) is 6.61 Å². The van der Waals surface area contributed by atoms with Crippen molar-refractivity contribution in [1.29, 1.82) is 0 Å². The van der Waals surface area contributed by atoms with Crippen molar-refractivity contribution in [1.82, 2.24) is 9.78 Å². The summed E-state index contributed by atoms with van der Waals surface area (Å²) in [5.74, 6) is -0.458. The molecule has 2 heterocycles. The van der Waals surface area contributed by atoms with Gasteiger partial charge in [-0.1, -0.05) is 13.8 Å². The molecule has 7 heteroatoms. The largest absolute Gasteiger partial charge is 0.503 e. The third-order valence-electron chi connectivity index (χ3n) is 3.92. The molecule has 1 aliphatic rings. The number of aromatic nitrogens is 2. The van der Waals surface area contributed by atoms with E-state index in [9.17, 15) is 14.7 Å². The Morgan fingerprint density at radius 3 is 2.57 bits per heavy atom.